The van der Waals surface area contributed by atoms with Crippen molar-refractivity contribution >= 4 is 29.2 Å². The molecular weight excluding hydrogens is 374 g/mol. The Morgan fingerprint density at radius 1 is 1.44 bits per heavy atom. The normalized spacial score (nSPS) is 21.5. The molecule has 8 nitrogen and oxygen atoms in total. The van der Waals surface area contributed by atoms with Crippen molar-refractivity contribution in [3.05, 3.63) is 22.7 Å². The number of nitrogens with zero attached hydrogens (tertiary/aromatic N) is 1. The molecule has 1 saturated heterocycles. The quantitative estimate of drug-likeness (QED) is 0.595. The Morgan fingerprint density at radius 2 is 2.15 bits per heavy atom. The lowest BCUT2D eigenvalue weighted by Crippen LogP contribution is -2.55. The first-order valence-corrected chi connectivity index (χ1v) is 9.06. The van der Waals surface area contributed by atoms with E-state index >= 15 is 0 Å². The second-order valence-corrected chi connectivity index (χ2v) is 7.12. The maximum atomic E-state index is 12.7. The number of carbonyl (C=O) groups excluding carboxylic acids is 1. The molecule has 1 aromatic carbocycles. The van der Waals surface area contributed by atoms with Crippen molar-refractivity contribution in [2.24, 2.45) is 5.92 Å². The molecule has 1 aliphatic heterocycles. The van der Waals surface area contributed by atoms with Gasteiger partial charge >= 0.3 is 5.97 Å². The molecule has 1 amide bonds. The van der Waals surface area contributed by atoms with Gasteiger partial charge in [0, 0.05) is 32.8 Å². The second-order valence-electron chi connectivity index (χ2n) is 6.72. The van der Waals surface area contributed by atoms with Crippen LogP contribution in [0.4, 0.5) is 5.69 Å². The molecule has 3 atom stereocenters. The molecular formula is C18H26ClN3O5. The molecule has 1 fully saturated rings. The highest BCUT2D eigenvalue weighted by Crippen LogP contribution is 2.29. The summed E-state index contributed by atoms with van der Waals surface area (Å²) in [5.41, 5.74) is 6.39. The molecule has 4 N–H and O–H groups in total. The summed E-state index contributed by atoms with van der Waals surface area (Å²) in [6.07, 6.45) is 0.390. The van der Waals surface area contributed by atoms with E-state index in [4.69, 9.17) is 31.9 Å². The van der Waals surface area contributed by atoms with E-state index in [2.05, 4.69) is 5.32 Å². The number of hydrogen-bond donors (Lipinski definition) is 3. The van der Waals surface area contributed by atoms with Gasteiger partial charge in [0.05, 0.1) is 41.4 Å². The standard InChI is InChI=1S/C18H26ClN3O5/c1-10(18(24)25)8-22-5-4-14(16(9-22)27-3)21-17(23)11-6-12(19)13(20)7-15(11)26-2/h6-7,10,14,16H,4-5,8-9,20H2,1-3H3,(H,21,23)(H,24,25)/t10?,14-,16+/m1/s1. The molecule has 1 heterocycles. The number of nitrogens with two attached hydrogens (primary N) is 1. The van der Waals surface area contributed by atoms with Gasteiger partial charge in [-0.2, -0.15) is 0 Å². The number of hydrogen-bond acceptors (Lipinski definition) is 6. The Bertz CT molecular complexity index is 700. The van der Waals surface area contributed by atoms with Crippen LogP contribution in [0.3, 0.4) is 0 Å². The highest BCUT2D eigenvalue weighted by atomic mass is 35.5. The molecule has 27 heavy (non-hydrogen) atoms. The van der Waals surface area contributed by atoms with Gasteiger partial charge in [-0.25, -0.2) is 0 Å². The number of halogens is 1. The van der Waals surface area contributed by atoms with Gasteiger partial charge in [-0.3, -0.25) is 14.5 Å². The molecule has 1 aliphatic rings. The molecule has 0 spiro atoms. The fraction of sp³-hybridized carbons (Fsp3) is 0.556. The van der Waals surface area contributed by atoms with Crippen molar-refractivity contribution in [2.75, 3.05) is 39.6 Å². The largest absolute Gasteiger partial charge is 0.496 e. The Morgan fingerprint density at radius 3 is 2.74 bits per heavy atom. The van der Waals surface area contributed by atoms with Crippen LogP contribution < -0.4 is 15.8 Å². The zero-order valence-electron chi connectivity index (χ0n) is 15.7. The maximum absolute atomic E-state index is 12.7. The van der Waals surface area contributed by atoms with Gasteiger partial charge in [-0.1, -0.05) is 18.5 Å². The summed E-state index contributed by atoms with van der Waals surface area (Å²) in [6.45, 7) is 3.33. The molecule has 0 saturated carbocycles. The topological polar surface area (TPSA) is 114 Å². The molecule has 1 unspecified atom stereocenters. The van der Waals surface area contributed by atoms with Crippen LogP contribution in [-0.4, -0.2) is 67.9 Å². The minimum absolute atomic E-state index is 0.208. The van der Waals surface area contributed by atoms with Gasteiger partial charge in [0.25, 0.3) is 5.91 Å². The summed E-state index contributed by atoms with van der Waals surface area (Å²) in [6, 6.07) is 2.79. The first-order valence-electron chi connectivity index (χ1n) is 8.68. The van der Waals surface area contributed by atoms with E-state index in [0.29, 0.717) is 43.1 Å². The highest BCUT2D eigenvalue weighted by Gasteiger charge is 2.32. The fourth-order valence-corrected chi connectivity index (χ4v) is 3.34. The van der Waals surface area contributed by atoms with E-state index in [9.17, 15) is 9.59 Å². The minimum Gasteiger partial charge on any atom is -0.496 e. The third kappa shape index (κ3) is 5.24. The number of benzene rings is 1. The van der Waals surface area contributed by atoms with Crippen LogP contribution in [-0.2, 0) is 9.53 Å². The van der Waals surface area contributed by atoms with Crippen molar-refractivity contribution in [3.63, 3.8) is 0 Å². The van der Waals surface area contributed by atoms with Crippen LogP contribution in [0.15, 0.2) is 12.1 Å². The Labute approximate surface area is 163 Å². The zero-order valence-corrected chi connectivity index (χ0v) is 16.5. The SMILES string of the molecule is COc1cc(N)c(Cl)cc1C(=O)N[C@@H]1CCN(CC(C)C(=O)O)C[C@@H]1OC. The van der Waals surface area contributed by atoms with Gasteiger partial charge in [0.15, 0.2) is 0 Å². The highest BCUT2D eigenvalue weighted by molar-refractivity contribution is 6.33. The monoisotopic (exact) mass is 399 g/mol. The lowest BCUT2D eigenvalue weighted by Gasteiger charge is -2.38. The lowest BCUT2D eigenvalue weighted by atomic mass is 9.99. The van der Waals surface area contributed by atoms with E-state index in [1.165, 1.54) is 19.2 Å². The number of nitrogen functional groups attached to an aromatic ring is 1. The number of carboxylic acid groups (broad SMARTS) is 1. The van der Waals surface area contributed by atoms with Crippen LogP contribution in [0.5, 0.6) is 5.75 Å². The Kier molecular flexibility index (Phi) is 7.29. The molecule has 0 radical (unpaired) electrons. The third-order valence-corrected chi connectivity index (χ3v) is 5.11. The van der Waals surface area contributed by atoms with Gasteiger partial charge in [0.1, 0.15) is 5.75 Å². The van der Waals surface area contributed by atoms with E-state index in [1.807, 2.05) is 4.90 Å². The zero-order chi connectivity index (χ0) is 20.1. The van der Waals surface area contributed by atoms with Crippen LogP contribution in [0.1, 0.15) is 23.7 Å². The number of methoxy groups -OCH3 is 2. The molecule has 0 aliphatic carbocycles. The number of piperidine rings is 1. The summed E-state index contributed by atoms with van der Waals surface area (Å²) in [5, 5.41) is 12.3. The number of aliphatic carboxylic acids is 1. The first-order chi connectivity index (χ1) is 12.8. The predicted octanol–water partition coefficient (Wildman–Crippen LogP) is 1.47. The molecule has 0 aromatic heterocycles. The maximum Gasteiger partial charge on any atom is 0.307 e. The molecule has 2 rings (SSSR count). The summed E-state index contributed by atoms with van der Waals surface area (Å²) >= 11 is 6.04. The smallest absolute Gasteiger partial charge is 0.307 e. The van der Waals surface area contributed by atoms with Crippen LogP contribution in [0.25, 0.3) is 0 Å². The van der Waals surface area contributed by atoms with Gasteiger partial charge in [0.2, 0.25) is 0 Å². The fourth-order valence-electron chi connectivity index (χ4n) is 3.18. The van der Waals surface area contributed by atoms with Crippen LogP contribution in [0, 0.1) is 5.92 Å². The molecule has 150 valence electrons. The number of ether oxygens (including phenoxy) is 2. The average molecular weight is 400 g/mol. The molecule has 9 heteroatoms. The lowest BCUT2D eigenvalue weighted by molar-refractivity contribution is -0.142. The van der Waals surface area contributed by atoms with Crippen molar-refractivity contribution in [2.45, 2.75) is 25.5 Å². The summed E-state index contributed by atoms with van der Waals surface area (Å²) in [4.78, 5) is 25.8. The number of rotatable bonds is 7. The Balaban J connectivity index is 2.06. The number of amides is 1. The van der Waals surface area contributed by atoms with Crippen molar-refractivity contribution in [1.82, 2.24) is 10.2 Å². The average Bonchev–Trinajstić information content (AvgIpc) is 2.64. The second kappa shape index (κ2) is 9.25. The van der Waals surface area contributed by atoms with Gasteiger partial charge in [-0.05, 0) is 12.5 Å². The molecule has 1 aromatic rings. The van der Waals surface area contributed by atoms with E-state index in [-0.39, 0.29) is 23.1 Å². The summed E-state index contributed by atoms with van der Waals surface area (Å²) in [7, 11) is 3.04. The summed E-state index contributed by atoms with van der Waals surface area (Å²) < 4.78 is 10.8. The number of carboxylic acids is 1. The third-order valence-electron chi connectivity index (χ3n) is 4.78. The van der Waals surface area contributed by atoms with E-state index in [1.54, 1.807) is 14.0 Å². The minimum atomic E-state index is -0.827. The van der Waals surface area contributed by atoms with Crippen molar-refractivity contribution in [3.8, 4) is 5.75 Å². The Hall–Kier alpha value is -2.03. The van der Waals surface area contributed by atoms with Crippen molar-refractivity contribution < 1.29 is 24.2 Å². The molecule has 0 bridgehead atoms. The first kappa shape index (κ1) is 21.3. The van der Waals surface area contributed by atoms with Crippen LogP contribution >= 0.6 is 11.6 Å². The van der Waals surface area contributed by atoms with E-state index < -0.39 is 11.9 Å². The number of nitrogens with one attached hydrogen (secondary N) is 1. The number of carbonyl (C=O) groups is 2. The van der Waals surface area contributed by atoms with Gasteiger partial charge in [-0.15, -0.1) is 0 Å². The number of anilines is 1. The summed E-state index contributed by atoms with van der Waals surface area (Å²) in [5.74, 6) is -1.27. The van der Waals surface area contributed by atoms with Crippen molar-refractivity contribution in [1.29, 1.82) is 0 Å². The number of likely N-dealkylation sites (tertiary alicyclic amines) is 1. The van der Waals surface area contributed by atoms with Gasteiger partial charge < -0.3 is 25.6 Å². The van der Waals surface area contributed by atoms with Crippen LogP contribution in [0.2, 0.25) is 5.02 Å². The predicted molar refractivity (Wildman–Crippen MR) is 102 cm³/mol. The van der Waals surface area contributed by atoms with E-state index in [0.717, 1.165) is 0 Å².